The Bertz CT molecular complexity index is 300. The van der Waals surface area contributed by atoms with Crippen LogP contribution in [-0.2, 0) is 6.42 Å². The van der Waals surface area contributed by atoms with E-state index in [0.29, 0.717) is 0 Å². The average Bonchev–Trinajstić information content (AvgIpc) is 1.96. The van der Waals surface area contributed by atoms with Crippen LogP contribution in [0.5, 0.6) is 0 Å². The fourth-order valence-electron chi connectivity index (χ4n) is 1.13. The van der Waals surface area contributed by atoms with Gasteiger partial charge in [-0.15, -0.1) is 0 Å². The number of halogens is 1. The van der Waals surface area contributed by atoms with Crippen LogP contribution >= 0.6 is 15.9 Å². The molecule has 0 fully saturated rings. The van der Waals surface area contributed by atoms with Crippen molar-refractivity contribution >= 4 is 15.9 Å². The van der Waals surface area contributed by atoms with Crippen LogP contribution in [0, 0.1) is 13.8 Å². The summed E-state index contributed by atoms with van der Waals surface area (Å²) < 4.78 is 1.03. The molecule has 0 radical (unpaired) electrons. The minimum Gasteiger partial charge on any atom is -0.0885 e. The van der Waals surface area contributed by atoms with Gasteiger partial charge in [0.05, 0.1) is 0 Å². The Morgan fingerprint density at radius 3 is 2.50 bits per heavy atom. The van der Waals surface area contributed by atoms with E-state index in [1.165, 1.54) is 16.7 Å². The van der Waals surface area contributed by atoms with Gasteiger partial charge in [0.15, 0.2) is 0 Å². The van der Waals surface area contributed by atoms with Crippen LogP contribution in [0.1, 0.15) is 16.7 Å². The number of benzene rings is 1. The smallest absolute Gasteiger partial charge is 0.00348 e. The van der Waals surface area contributed by atoms with Gasteiger partial charge < -0.3 is 0 Å². The van der Waals surface area contributed by atoms with Gasteiger partial charge in [0.25, 0.3) is 0 Å². The molecule has 0 unspecified atom stereocenters. The Kier molecular flexibility index (Phi) is 3.10. The van der Waals surface area contributed by atoms with Crippen LogP contribution < -0.4 is 0 Å². The Balaban J connectivity index is 2.89. The highest BCUT2D eigenvalue weighted by atomic mass is 79.9. The number of hydrogen-bond acceptors (Lipinski definition) is 0. The Morgan fingerprint density at radius 2 is 2.00 bits per heavy atom. The molecule has 0 aliphatic carbocycles. The van der Waals surface area contributed by atoms with E-state index in [9.17, 15) is 0 Å². The van der Waals surface area contributed by atoms with Gasteiger partial charge in [-0.1, -0.05) is 40.7 Å². The lowest BCUT2D eigenvalue weighted by Gasteiger charge is -2.03. The summed E-state index contributed by atoms with van der Waals surface area (Å²) in [5, 5.41) is 0. The monoisotopic (exact) mass is 224 g/mol. The van der Waals surface area contributed by atoms with E-state index in [0.717, 1.165) is 10.9 Å². The average molecular weight is 225 g/mol. The molecule has 0 N–H and O–H groups in total. The molecular weight excluding hydrogens is 212 g/mol. The largest absolute Gasteiger partial charge is 0.0885 e. The maximum absolute atomic E-state index is 3.82. The SMILES string of the molecule is C=C(Br)Cc1ccc(C)c(C)c1. The molecule has 1 aromatic rings. The molecule has 0 saturated carbocycles. The van der Waals surface area contributed by atoms with Crippen molar-refractivity contribution in [2.75, 3.05) is 0 Å². The zero-order valence-electron chi connectivity index (χ0n) is 7.52. The second-order valence-corrected chi connectivity index (χ2v) is 4.23. The zero-order chi connectivity index (χ0) is 9.14. The van der Waals surface area contributed by atoms with Gasteiger partial charge in [-0.05, 0) is 35.0 Å². The van der Waals surface area contributed by atoms with E-state index in [1.54, 1.807) is 0 Å². The predicted molar refractivity (Wildman–Crippen MR) is 57.7 cm³/mol. The molecule has 0 saturated heterocycles. The van der Waals surface area contributed by atoms with E-state index in [4.69, 9.17) is 0 Å². The van der Waals surface area contributed by atoms with Crippen LogP contribution in [0.25, 0.3) is 0 Å². The fourth-order valence-corrected chi connectivity index (χ4v) is 1.46. The number of rotatable bonds is 2. The van der Waals surface area contributed by atoms with Crippen molar-refractivity contribution in [1.29, 1.82) is 0 Å². The summed E-state index contributed by atoms with van der Waals surface area (Å²) in [6.45, 7) is 8.08. The second kappa shape index (κ2) is 3.90. The minimum atomic E-state index is 0.918. The lowest BCUT2D eigenvalue weighted by Crippen LogP contribution is -1.87. The summed E-state index contributed by atoms with van der Waals surface area (Å²) in [7, 11) is 0. The van der Waals surface area contributed by atoms with Gasteiger partial charge in [0.1, 0.15) is 0 Å². The van der Waals surface area contributed by atoms with Crippen molar-refractivity contribution < 1.29 is 0 Å². The second-order valence-electron chi connectivity index (χ2n) is 3.11. The molecule has 0 bridgehead atoms. The molecule has 0 amide bonds. The van der Waals surface area contributed by atoms with Crippen molar-refractivity contribution in [1.82, 2.24) is 0 Å². The van der Waals surface area contributed by atoms with Gasteiger partial charge in [-0.25, -0.2) is 0 Å². The molecule has 64 valence electrons. The first-order valence-corrected chi connectivity index (χ1v) is 4.78. The van der Waals surface area contributed by atoms with Crippen molar-refractivity contribution in [3.05, 3.63) is 46.0 Å². The fraction of sp³-hybridized carbons (Fsp3) is 0.273. The highest BCUT2D eigenvalue weighted by molar-refractivity contribution is 9.11. The van der Waals surface area contributed by atoms with Gasteiger partial charge >= 0.3 is 0 Å². The van der Waals surface area contributed by atoms with Gasteiger partial charge in [-0.2, -0.15) is 0 Å². The normalized spacial score (nSPS) is 9.92. The third-order valence-corrected chi connectivity index (χ3v) is 2.25. The summed E-state index contributed by atoms with van der Waals surface area (Å²) in [4.78, 5) is 0. The quantitative estimate of drug-likeness (QED) is 0.718. The Hall–Kier alpha value is -0.560. The first kappa shape index (κ1) is 9.53. The third-order valence-electron chi connectivity index (χ3n) is 1.97. The summed E-state index contributed by atoms with van der Waals surface area (Å²) in [5.41, 5.74) is 4.01. The van der Waals surface area contributed by atoms with Gasteiger partial charge in [-0.3, -0.25) is 0 Å². The Labute approximate surface area is 82.4 Å². The van der Waals surface area contributed by atoms with Crippen molar-refractivity contribution in [3.63, 3.8) is 0 Å². The maximum Gasteiger partial charge on any atom is 0.00348 e. The van der Waals surface area contributed by atoms with Crippen molar-refractivity contribution in [3.8, 4) is 0 Å². The lowest BCUT2D eigenvalue weighted by molar-refractivity contribution is 1.21. The van der Waals surface area contributed by atoms with Crippen molar-refractivity contribution in [2.24, 2.45) is 0 Å². The number of hydrogen-bond donors (Lipinski definition) is 0. The summed E-state index contributed by atoms with van der Waals surface area (Å²) in [6, 6.07) is 6.51. The topological polar surface area (TPSA) is 0 Å². The maximum atomic E-state index is 3.82. The molecule has 12 heavy (non-hydrogen) atoms. The third kappa shape index (κ3) is 2.49. The lowest BCUT2D eigenvalue weighted by atomic mass is 10.0. The standard InChI is InChI=1S/C11H13Br/c1-8-4-5-11(6-9(8)2)7-10(3)12/h4-6H,3,7H2,1-2H3. The number of allylic oxidation sites excluding steroid dienone is 1. The first-order valence-electron chi connectivity index (χ1n) is 3.99. The van der Waals surface area contributed by atoms with E-state index in [2.05, 4.69) is 54.6 Å². The molecule has 0 heterocycles. The summed E-state index contributed by atoms with van der Waals surface area (Å²) >= 11 is 3.36. The molecule has 0 aromatic heterocycles. The van der Waals surface area contributed by atoms with Crippen LogP contribution in [0.2, 0.25) is 0 Å². The summed E-state index contributed by atoms with van der Waals surface area (Å²) in [6.07, 6.45) is 0.918. The van der Waals surface area contributed by atoms with Crippen molar-refractivity contribution in [2.45, 2.75) is 20.3 Å². The predicted octanol–water partition coefficient (Wildman–Crippen LogP) is 3.75. The molecule has 1 heteroatoms. The van der Waals surface area contributed by atoms with Crippen LogP contribution in [-0.4, -0.2) is 0 Å². The molecule has 0 atom stereocenters. The van der Waals surface area contributed by atoms with Gasteiger partial charge in [0, 0.05) is 6.42 Å². The molecule has 1 rings (SSSR count). The molecule has 0 nitrogen and oxygen atoms in total. The minimum absolute atomic E-state index is 0.918. The Morgan fingerprint density at radius 1 is 1.33 bits per heavy atom. The van der Waals surface area contributed by atoms with E-state index in [-0.39, 0.29) is 0 Å². The van der Waals surface area contributed by atoms with Gasteiger partial charge in [0.2, 0.25) is 0 Å². The molecule has 0 aliphatic rings. The first-order chi connectivity index (χ1) is 5.59. The van der Waals surface area contributed by atoms with Crippen LogP contribution in [0.3, 0.4) is 0 Å². The van der Waals surface area contributed by atoms with E-state index < -0.39 is 0 Å². The van der Waals surface area contributed by atoms with E-state index >= 15 is 0 Å². The van der Waals surface area contributed by atoms with E-state index in [1.807, 2.05) is 0 Å². The molecule has 0 aliphatic heterocycles. The molecule has 0 spiro atoms. The number of aryl methyl sites for hydroxylation is 2. The molecular formula is C11H13Br. The summed E-state index contributed by atoms with van der Waals surface area (Å²) in [5.74, 6) is 0. The van der Waals surface area contributed by atoms with Crippen LogP contribution in [0.15, 0.2) is 29.3 Å². The molecule has 1 aromatic carbocycles. The van der Waals surface area contributed by atoms with Crippen LogP contribution in [0.4, 0.5) is 0 Å². The highest BCUT2D eigenvalue weighted by Gasteiger charge is 1.96. The highest BCUT2D eigenvalue weighted by Crippen LogP contribution is 2.15. The zero-order valence-corrected chi connectivity index (χ0v) is 9.11.